The van der Waals surface area contributed by atoms with E-state index in [9.17, 15) is 18.4 Å². The van der Waals surface area contributed by atoms with Gasteiger partial charge < -0.3 is 9.84 Å². The van der Waals surface area contributed by atoms with Crippen LogP contribution in [0.4, 0.5) is 13.6 Å². The topological polar surface area (TPSA) is 86.3 Å². The molecule has 1 N–H and O–H groups in total. The number of hydrogen-bond donors (Lipinski definition) is 1. The van der Waals surface area contributed by atoms with Crippen molar-refractivity contribution in [1.29, 1.82) is 0 Å². The molecule has 0 amide bonds. The highest BCUT2D eigenvalue weighted by Gasteiger charge is 2.47. The predicted molar refractivity (Wildman–Crippen MR) is 84.8 cm³/mol. The largest absolute Gasteiger partial charge is 0.507 e. The van der Waals surface area contributed by atoms with Crippen LogP contribution in [0.25, 0.3) is 0 Å². The normalized spacial score (nSPS) is 20.5. The molecule has 1 aliphatic carbocycles. The van der Waals surface area contributed by atoms with Crippen LogP contribution in [0, 0.1) is 11.6 Å². The van der Waals surface area contributed by atoms with Crippen LogP contribution in [0.3, 0.4) is 0 Å². The summed E-state index contributed by atoms with van der Waals surface area (Å²) in [6.45, 7) is 0.161. The van der Waals surface area contributed by atoms with Crippen molar-refractivity contribution in [2.45, 2.75) is 50.3 Å². The highest BCUT2D eigenvalue weighted by Crippen LogP contribution is 2.50. The molecule has 2 aliphatic rings. The van der Waals surface area contributed by atoms with Crippen LogP contribution in [-0.4, -0.2) is 25.6 Å². The lowest BCUT2D eigenvalue weighted by Crippen LogP contribution is -2.34. The molecule has 0 unspecified atom stereocenters. The summed E-state index contributed by atoms with van der Waals surface area (Å²) in [5.74, 6) is -0.820. The van der Waals surface area contributed by atoms with Gasteiger partial charge in [0.15, 0.2) is 6.23 Å². The highest BCUT2D eigenvalue weighted by atomic mass is 19.1. The van der Waals surface area contributed by atoms with E-state index in [2.05, 4.69) is 5.10 Å². The van der Waals surface area contributed by atoms with Crippen molar-refractivity contribution in [3.8, 4) is 0 Å². The summed E-state index contributed by atoms with van der Waals surface area (Å²) in [6.07, 6.45) is 0.595. The van der Waals surface area contributed by atoms with Crippen molar-refractivity contribution in [1.82, 2.24) is 14.3 Å². The van der Waals surface area contributed by atoms with Crippen molar-refractivity contribution < 1.29 is 23.4 Å². The lowest BCUT2D eigenvalue weighted by molar-refractivity contribution is 0.00387. The zero-order valence-corrected chi connectivity index (χ0v) is 13.8. The van der Waals surface area contributed by atoms with E-state index < -0.39 is 35.1 Å². The number of aromatic nitrogens is 3. The van der Waals surface area contributed by atoms with Crippen LogP contribution in [0.1, 0.15) is 43.3 Å². The number of nitrogens with zero attached hydrogens (tertiary/aromatic N) is 3. The molecule has 138 valence electrons. The van der Waals surface area contributed by atoms with Gasteiger partial charge >= 0.3 is 11.8 Å². The standard InChI is InChI=1S/C17H17F2N3O4/c18-10-4-5-11(12(19)8-10)17(6-7-17)9-21-15(23)22-13(20-21)2-1-3-14(22)26-16(24)25/h4-5,8,14H,1-3,6-7,9H2,(H,24,25)/t14-/m0/s1. The van der Waals surface area contributed by atoms with Crippen LogP contribution in [0.5, 0.6) is 0 Å². The maximum absolute atomic E-state index is 14.2. The quantitative estimate of drug-likeness (QED) is 0.842. The van der Waals surface area contributed by atoms with Gasteiger partial charge in [0.2, 0.25) is 0 Å². The molecule has 0 radical (unpaired) electrons. The lowest BCUT2D eigenvalue weighted by atomic mass is 9.95. The smallest absolute Gasteiger partial charge is 0.450 e. The third kappa shape index (κ3) is 2.77. The number of ether oxygens (including phenoxy) is 1. The second-order valence-corrected chi connectivity index (χ2v) is 6.86. The van der Waals surface area contributed by atoms with E-state index in [0.29, 0.717) is 43.5 Å². The van der Waals surface area contributed by atoms with Crippen molar-refractivity contribution in [3.05, 3.63) is 51.7 Å². The first-order chi connectivity index (χ1) is 12.4. The predicted octanol–water partition coefficient (Wildman–Crippen LogP) is 2.58. The number of rotatable bonds is 4. The molecule has 1 aliphatic heterocycles. The van der Waals surface area contributed by atoms with Gasteiger partial charge in [0, 0.05) is 24.3 Å². The maximum atomic E-state index is 14.2. The molecule has 2 heterocycles. The number of carbonyl (C=O) groups is 1. The Morgan fingerprint density at radius 1 is 1.38 bits per heavy atom. The van der Waals surface area contributed by atoms with E-state index in [0.717, 1.165) is 6.07 Å². The third-order valence-electron chi connectivity index (χ3n) is 5.13. The molecule has 1 saturated carbocycles. The summed E-state index contributed by atoms with van der Waals surface area (Å²) in [4.78, 5) is 23.6. The van der Waals surface area contributed by atoms with Crippen LogP contribution in [0.2, 0.25) is 0 Å². The average Bonchev–Trinajstić information content (AvgIpc) is 3.26. The van der Waals surface area contributed by atoms with Gasteiger partial charge in [-0.05, 0) is 30.9 Å². The van der Waals surface area contributed by atoms with E-state index in [1.807, 2.05) is 0 Å². The van der Waals surface area contributed by atoms with E-state index in [1.165, 1.54) is 21.4 Å². The fourth-order valence-electron chi connectivity index (χ4n) is 3.69. The highest BCUT2D eigenvalue weighted by molar-refractivity contribution is 5.56. The average molecular weight is 365 g/mol. The molecule has 0 spiro atoms. The summed E-state index contributed by atoms with van der Waals surface area (Å²) in [7, 11) is 0. The summed E-state index contributed by atoms with van der Waals surface area (Å²) in [5.41, 5.74) is -0.690. The zero-order valence-electron chi connectivity index (χ0n) is 13.8. The van der Waals surface area contributed by atoms with Crippen molar-refractivity contribution >= 4 is 6.16 Å². The molecule has 26 heavy (non-hydrogen) atoms. The van der Waals surface area contributed by atoms with E-state index in [1.54, 1.807) is 0 Å². The molecule has 1 fully saturated rings. The number of hydrogen-bond acceptors (Lipinski definition) is 4. The number of benzene rings is 1. The molecule has 0 bridgehead atoms. The minimum Gasteiger partial charge on any atom is -0.450 e. The Labute approximate surface area is 146 Å². The van der Waals surface area contributed by atoms with Crippen molar-refractivity contribution in [3.63, 3.8) is 0 Å². The van der Waals surface area contributed by atoms with Gasteiger partial charge in [0.05, 0.1) is 6.54 Å². The summed E-state index contributed by atoms with van der Waals surface area (Å²) < 4.78 is 34.7. The first-order valence-electron chi connectivity index (χ1n) is 8.43. The van der Waals surface area contributed by atoms with E-state index >= 15 is 0 Å². The fraction of sp³-hybridized carbons (Fsp3) is 0.471. The van der Waals surface area contributed by atoms with Gasteiger partial charge in [0.1, 0.15) is 17.5 Å². The minimum absolute atomic E-state index is 0.161. The van der Waals surface area contributed by atoms with E-state index in [-0.39, 0.29) is 6.54 Å². The van der Waals surface area contributed by atoms with Gasteiger partial charge in [-0.2, -0.15) is 5.10 Å². The molecular formula is C17H17F2N3O4. The van der Waals surface area contributed by atoms with Crippen LogP contribution in [0.15, 0.2) is 23.0 Å². The number of halogens is 2. The molecule has 1 aromatic carbocycles. The van der Waals surface area contributed by atoms with Crippen molar-refractivity contribution in [2.75, 3.05) is 0 Å². The Morgan fingerprint density at radius 3 is 2.81 bits per heavy atom. The monoisotopic (exact) mass is 365 g/mol. The molecule has 0 saturated heterocycles. The Balaban J connectivity index is 1.67. The maximum Gasteiger partial charge on any atom is 0.507 e. The molecule has 4 rings (SSSR count). The fourth-order valence-corrected chi connectivity index (χ4v) is 3.69. The summed E-state index contributed by atoms with van der Waals surface area (Å²) in [5, 5.41) is 13.2. The first kappa shape index (κ1) is 16.7. The summed E-state index contributed by atoms with van der Waals surface area (Å²) in [6, 6.07) is 3.46. The van der Waals surface area contributed by atoms with E-state index in [4.69, 9.17) is 9.84 Å². The molecule has 9 heteroatoms. The minimum atomic E-state index is -1.45. The third-order valence-corrected chi connectivity index (χ3v) is 5.13. The van der Waals surface area contributed by atoms with Crippen LogP contribution in [-0.2, 0) is 23.1 Å². The van der Waals surface area contributed by atoms with Gasteiger partial charge in [-0.3, -0.25) is 0 Å². The number of aryl methyl sites for hydroxylation is 1. The van der Waals surface area contributed by atoms with Gasteiger partial charge in [-0.1, -0.05) is 6.07 Å². The second-order valence-electron chi connectivity index (χ2n) is 6.86. The van der Waals surface area contributed by atoms with Gasteiger partial charge in [0.25, 0.3) is 0 Å². The summed E-state index contributed by atoms with van der Waals surface area (Å²) >= 11 is 0. The zero-order chi connectivity index (χ0) is 18.5. The Bertz CT molecular complexity index is 933. The molecule has 1 atom stereocenters. The Kier molecular flexibility index (Phi) is 3.82. The molecule has 1 aromatic heterocycles. The number of carboxylic acid groups (broad SMARTS) is 1. The molecule has 2 aromatic rings. The SMILES string of the molecule is O=C(O)O[C@H]1CCCc2nn(CC3(c4ccc(F)cc4F)CC3)c(=O)n21. The lowest BCUT2D eigenvalue weighted by Gasteiger charge is -2.21. The Morgan fingerprint density at radius 2 is 2.15 bits per heavy atom. The number of fused-ring (bicyclic) bond motifs is 1. The molecular weight excluding hydrogens is 348 g/mol. The van der Waals surface area contributed by atoms with Crippen LogP contribution < -0.4 is 5.69 Å². The van der Waals surface area contributed by atoms with Crippen molar-refractivity contribution in [2.24, 2.45) is 0 Å². The van der Waals surface area contributed by atoms with Gasteiger partial charge in [-0.15, -0.1) is 0 Å². The van der Waals surface area contributed by atoms with Gasteiger partial charge in [-0.25, -0.2) is 27.6 Å². The van der Waals surface area contributed by atoms with Crippen LogP contribution >= 0.6 is 0 Å². The second kappa shape index (κ2) is 5.93. The Hall–Kier alpha value is -2.71. The first-order valence-corrected chi connectivity index (χ1v) is 8.43. The molecule has 7 nitrogen and oxygen atoms in total.